The van der Waals surface area contributed by atoms with E-state index in [1.807, 2.05) is 0 Å². The number of esters is 1. The highest BCUT2D eigenvalue weighted by molar-refractivity contribution is 7.89. The number of carbonyl (C=O) groups excluding carboxylic acids is 1. The van der Waals surface area contributed by atoms with Gasteiger partial charge in [-0.15, -0.1) is 0 Å². The third-order valence-corrected chi connectivity index (χ3v) is 3.27. The van der Waals surface area contributed by atoms with E-state index in [1.54, 1.807) is 0 Å². The average Bonchev–Trinajstić information content (AvgIpc) is 2.14. The van der Waals surface area contributed by atoms with Crippen molar-refractivity contribution in [1.29, 1.82) is 0 Å². The average molecular weight is 283 g/mol. The van der Waals surface area contributed by atoms with Crippen molar-refractivity contribution in [2.45, 2.75) is 6.92 Å². The minimum absolute atomic E-state index is 0.0355. The van der Waals surface area contributed by atoms with E-state index >= 15 is 0 Å². The Morgan fingerprint density at radius 2 is 1.56 bits per heavy atom. The van der Waals surface area contributed by atoms with Crippen LogP contribution in [0.25, 0.3) is 0 Å². The number of hydrogen-bond donors (Lipinski definition) is 2. The first-order chi connectivity index (χ1) is 8.19. The predicted octanol–water partition coefficient (Wildman–Crippen LogP) is -1.65. The van der Waals surface area contributed by atoms with Gasteiger partial charge in [-0.05, 0) is 6.92 Å². The molecule has 0 unspecified atom stereocenters. The Kier molecular flexibility index (Phi) is 6.27. The van der Waals surface area contributed by atoms with Crippen LogP contribution in [-0.2, 0) is 29.1 Å². The van der Waals surface area contributed by atoms with Crippen molar-refractivity contribution in [1.82, 2.24) is 4.31 Å². The van der Waals surface area contributed by atoms with Crippen LogP contribution in [0.3, 0.4) is 0 Å². The molecule has 0 aliphatic carbocycles. The number of sulfonamides is 1. The third kappa shape index (κ3) is 6.15. The van der Waals surface area contributed by atoms with Gasteiger partial charge in [0.05, 0.1) is 6.61 Å². The summed E-state index contributed by atoms with van der Waals surface area (Å²) in [6.07, 6.45) is 0. The fourth-order valence-electron chi connectivity index (χ4n) is 0.997. The normalized spacial score (nSPS) is 11.2. The number of ether oxygens (including phenoxy) is 1. The molecule has 2 N–H and O–H groups in total. The van der Waals surface area contributed by atoms with Gasteiger partial charge in [-0.2, -0.15) is 4.31 Å². The van der Waals surface area contributed by atoms with Crippen LogP contribution in [0.15, 0.2) is 0 Å². The molecule has 18 heavy (non-hydrogen) atoms. The molecule has 0 aliphatic heterocycles. The van der Waals surface area contributed by atoms with Crippen LogP contribution in [0.5, 0.6) is 0 Å². The number of hydrogen-bond acceptors (Lipinski definition) is 6. The van der Waals surface area contributed by atoms with E-state index < -0.39 is 46.8 Å². The SMILES string of the molecule is CCOC(=O)CS(=O)(=O)N(CC(=O)O)CC(=O)O. The summed E-state index contributed by atoms with van der Waals surface area (Å²) < 4.78 is 27.8. The smallest absolute Gasteiger partial charge is 0.322 e. The first-order valence-electron chi connectivity index (χ1n) is 4.76. The molecular weight excluding hydrogens is 270 g/mol. The van der Waals surface area contributed by atoms with Gasteiger partial charge in [0.25, 0.3) is 0 Å². The van der Waals surface area contributed by atoms with Crippen LogP contribution in [0.4, 0.5) is 0 Å². The lowest BCUT2D eigenvalue weighted by Crippen LogP contribution is -2.42. The molecule has 0 atom stereocenters. The number of aliphatic carboxylic acids is 2. The summed E-state index contributed by atoms with van der Waals surface area (Å²) in [5, 5.41) is 17.0. The number of rotatable bonds is 8. The molecule has 0 aromatic heterocycles. The molecule has 0 saturated heterocycles. The molecule has 0 fully saturated rings. The van der Waals surface area contributed by atoms with Gasteiger partial charge in [-0.25, -0.2) is 8.42 Å². The van der Waals surface area contributed by atoms with Crippen molar-refractivity contribution < 1.29 is 37.8 Å². The monoisotopic (exact) mass is 283 g/mol. The van der Waals surface area contributed by atoms with Gasteiger partial charge in [-0.3, -0.25) is 14.4 Å². The summed E-state index contributed by atoms with van der Waals surface area (Å²) in [6, 6.07) is 0. The molecule has 0 amide bonds. The van der Waals surface area contributed by atoms with Crippen molar-refractivity contribution in [3.63, 3.8) is 0 Å². The lowest BCUT2D eigenvalue weighted by molar-refractivity contribution is -0.142. The summed E-state index contributed by atoms with van der Waals surface area (Å²) in [6.45, 7) is -0.634. The lowest BCUT2D eigenvalue weighted by Gasteiger charge is -2.17. The van der Waals surface area contributed by atoms with Crippen molar-refractivity contribution in [2.24, 2.45) is 0 Å². The molecule has 9 nitrogen and oxygen atoms in total. The summed E-state index contributed by atoms with van der Waals surface area (Å²) >= 11 is 0. The minimum Gasteiger partial charge on any atom is -0.480 e. The molecule has 104 valence electrons. The fraction of sp³-hybridized carbons (Fsp3) is 0.625. The Labute approximate surface area is 103 Å². The van der Waals surface area contributed by atoms with Gasteiger partial charge >= 0.3 is 17.9 Å². The van der Waals surface area contributed by atoms with Gasteiger partial charge in [0.15, 0.2) is 5.75 Å². The molecule has 0 aromatic carbocycles. The fourth-order valence-corrected chi connectivity index (χ4v) is 2.18. The third-order valence-electron chi connectivity index (χ3n) is 1.62. The second kappa shape index (κ2) is 6.91. The highest BCUT2D eigenvalue weighted by Gasteiger charge is 2.29. The zero-order chi connectivity index (χ0) is 14.3. The van der Waals surface area contributed by atoms with Crippen LogP contribution in [0.1, 0.15) is 6.92 Å². The van der Waals surface area contributed by atoms with Crippen molar-refractivity contribution in [3.8, 4) is 0 Å². The quantitative estimate of drug-likeness (QED) is 0.505. The zero-order valence-electron chi connectivity index (χ0n) is 9.53. The molecule has 10 heteroatoms. The molecule has 0 rings (SSSR count). The molecule has 0 bridgehead atoms. The standard InChI is InChI=1S/C8H13NO8S/c1-2-17-8(14)5-18(15,16)9(3-6(10)11)4-7(12)13/h2-5H2,1H3,(H,10,11)(H,12,13). The molecule has 0 heterocycles. The Bertz CT molecular complexity index is 412. The second-order valence-electron chi connectivity index (χ2n) is 3.12. The lowest BCUT2D eigenvalue weighted by atomic mass is 10.6. The Hall–Kier alpha value is -1.68. The molecule has 0 saturated carbocycles. The van der Waals surface area contributed by atoms with Crippen molar-refractivity contribution >= 4 is 27.9 Å². The number of nitrogens with zero attached hydrogens (tertiary/aromatic N) is 1. The summed E-state index contributed by atoms with van der Waals surface area (Å²) in [5.74, 6) is -5.22. The van der Waals surface area contributed by atoms with Gasteiger partial charge in [-0.1, -0.05) is 0 Å². The maximum atomic E-state index is 11.6. The van der Waals surface area contributed by atoms with Gasteiger partial charge in [0, 0.05) is 0 Å². The molecule has 0 spiro atoms. The first-order valence-corrected chi connectivity index (χ1v) is 6.37. The summed E-state index contributed by atoms with van der Waals surface area (Å²) in [7, 11) is -4.34. The Balaban J connectivity index is 4.90. The van der Waals surface area contributed by atoms with Crippen molar-refractivity contribution in [2.75, 3.05) is 25.4 Å². The number of carboxylic acid groups (broad SMARTS) is 2. The van der Waals surface area contributed by atoms with Crippen LogP contribution < -0.4 is 0 Å². The van der Waals surface area contributed by atoms with E-state index in [0.29, 0.717) is 0 Å². The predicted molar refractivity (Wildman–Crippen MR) is 57.3 cm³/mol. The maximum Gasteiger partial charge on any atom is 0.322 e. The largest absolute Gasteiger partial charge is 0.480 e. The van der Waals surface area contributed by atoms with Gasteiger partial charge < -0.3 is 14.9 Å². The summed E-state index contributed by atoms with van der Waals surface area (Å²) in [5.41, 5.74) is 0. The van der Waals surface area contributed by atoms with E-state index in [2.05, 4.69) is 4.74 Å². The van der Waals surface area contributed by atoms with E-state index in [0.717, 1.165) is 0 Å². The first kappa shape index (κ1) is 16.3. The Morgan fingerprint density at radius 1 is 1.11 bits per heavy atom. The minimum atomic E-state index is -4.34. The topological polar surface area (TPSA) is 138 Å². The highest BCUT2D eigenvalue weighted by atomic mass is 32.2. The Morgan fingerprint density at radius 3 is 1.89 bits per heavy atom. The van der Waals surface area contributed by atoms with Crippen LogP contribution in [0, 0.1) is 0 Å². The van der Waals surface area contributed by atoms with Crippen molar-refractivity contribution in [3.05, 3.63) is 0 Å². The molecular formula is C8H13NO8S. The van der Waals surface area contributed by atoms with Gasteiger partial charge in [0.2, 0.25) is 10.0 Å². The summed E-state index contributed by atoms with van der Waals surface area (Å²) in [4.78, 5) is 31.9. The second-order valence-corrected chi connectivity index (χ2v) is 5.09. The number of carboxylic acids is 2. The van der Waals surface area contributed by atoms with E-state index in [-0.39, 0.29) is 10.9 Å². The maximum absolute atomic E-state index is 11.6. The van der Waals surface area contributed by atoms with E-state index in [4.69, 9.17) is 10.2 Å². The molecule has 0 aliphatic rings. The van der Waals surface area contributed by atoms with Crippen LogP contribution in [0.2, 0.25) is 0 Å². The zero-order valence-corrected chi connectivity index (χ0v) is 10.3. The number of carbonyl (C=O) groups is 3. The van der Waals surface area contributed by atoms with E-state index in [1.165, 1.54) is 6.92 Å². The van der Waals surface area contributed by atoms with Gasteiger partial charge in [0.1, 0.15) is 13.1 Å². The molecule has 0 radical (unpaired) electrons. The van der Waals surface area contributed by atoms with E-state index in [9.17, 15) is 22.8 Å². The van der Waals surface area contributed by atoms with Crippen LogP contribution in [-0.4, -0.2) is 66.3 Å². The molecule has 0 aromatic rings. The highest BCUT2D eigenvalue weighted by Crippen LogP contribution is 2.02. The van der Waals surface area contributed by atoms with Crippen LogP contribution >= 0.6 is 0 Å².